The van der Waals surface area contributed by atoms with Gasteiger partial charge in [-0.2, -0.15) is 0 Å². The summed E-state index contributed by atoms with van der Waals surface area (Å²) in [5, 5.41) is 9.46. The zero-order chi connectivity index (χ0) is 11.6. The smallest absolute Gasteiger partial charge is 0.182 e. The molecule has 0 spiro atoms. The quantitative estimate of drug-likeness (QED) is 0.909. The Bertz CT molecular complexity index is 440. The van der Waals surface area contributed by atoms with E-state index in [9.17, 15) is 0 Å². The van der Waals surface area contributed by atoms with Gasteiger partial charge in [0.1, 0.15) is 0 Å². The van der Waals surface area contributed by atoms with Crippen LogP contribution in [0, 0.1) is 0 Å². The van der Waals surface area contributed by atoms with Crippen LogP contribution >= 0.6 is 22.7 Å². The van der Waals surface area contributed by atoms with Crippen LogP contribution in [0.1, 0.15) is 31.5 Å². The molecular weight excluding hydrogens is 238 g/mol. The average Bonchev–Trinajstić information content (AvgIpc) is 2.85. The lowest BCUT2D eigenvalue weighted by molar-refractivity contribution is 0.583. The van der Waals surface area contributed by atoms with E-state index in [0.717, 1.165) is 17.4 Å². The number of hydrogen-bond acceptors (Lipinski definition) is 5. The highest BCUT2D eigenvalue weighted by Crippen LogP contribution is 2.25. The summed E-state index contributed by atoms with van der Waals surface area (Å²) < 4.78 is 0. The summed E-state index contributed by atoms with van der Waals surface area (Å²) in [5.41, 5.74) is 1.23. The van der Waals surface area contributed by atoms with Crippen LogP contribution in [-0.2, 0) is 12.0 Å². The molecule has 86 valence electrons. The Kier molecular flexibility index (Phi) is 3.25. The molecule has 0 amide bonds. The maximum absolute atomic E-state index is 4.61. The highest BCUT2D eigenvalue weighted by molar-refractivity contribution is 7.13. The van der Waals surface area contributed by atoms with Crippen molar-refractivity contribution in [3.05, 3.63) is 27.7 Å². The van der Waals surface area contributed by atoms with Crippen molar-refractivity contribution in [2.24, 2.45) is 0 Å². The summed E-state index contributed by atoms with van der Waals surface area (Å²) >= 11 is 3.33. The molecule has 1 N–H and O–H groups in total. The molecule has 0 fully saturated rings. The third kappa shape index (κ3) is 2.80. The summed E-state index contributed by atoms with van der Waals surface area (Å²) in [6, 6.07) is 0. The number of rotatable bonds is 3. The number of nitrogens with one attached hydrogen (secondary N) is 1. The monoisotopic (exact) mass is 253 g/mol. The molecule has 2 heterocycles. The topological polar surface area (TPSA) is 37.8 Å². The van der Waals surface area contributed by atoms with Crippen LogP contribution < -0.4 is 5.32 Å². The van der Waals surface area contributed by atoms with Crippen molar-refractivity contribution >= 4 is 27.8 Å². The molecule has 0 bridgehead atoms. The van der Waals surface area contributed by atoms with Crippen LogP contribution in [0.4, 0.5) is 5.13 Å². The van der Waals surface area contributed by atoms with E-state index in [4.69, 9.17) is 0 Å². The van der Waals surface area contributed by atoms with Gasteiger partial charge in [0.05, 0.1) is 17.2 Å². The van der Waals surface area contributed by atoms with Gasteiger partial charge in [0.25, 0.3) is 0 Å². The minimum absolute atomic E-state index is 0.143. The summed E-state index contributed by atoms with van der Waals surface area (Å²) in [5.74, 6) is 0. The molecule has 0 radical (unpaired) electrons. The van der Waals surface area contributed by atoms with Gasteiger partial charge >= 0.3 is 0 Å². The standard InChI is InChI=1S/C11H15N3S2/c1-11(2,3)9-14-8(7-16-9)6-13-10-12-4-5-15-10/h4-5,7H,6H2,1-3H3,(H,12,13). The summed E-state index contributed by atoms with van der Waals surface area (Å²) in [4.78, 5) is 8.78. The second-order valence-electron chi connectivity index (χ2n) is 4.58. The van der Waals surface area contributed by atoms with Crippen molar-refractivity contribution in [1.82, 2.24) is 9.97 Å². The normalized spacial score (nSPS) is 11.7. The Labute approximate surface area is 104 Å². The minimum Gasteiger partial charge on any atom is -0.356 e. The molecule has 5 heteroatoms. The fraction of sp³-hybridized carbons (Fsp3) is 0.455. The van der Waals surface area contributed by atoms with E-state index in [0.29, 0.717) is 0 Å². The Morgan fingerprint density at radius 2 is 2.12 bits per heavy atom. The van der Waals surface area contributed by atoms with Crippen molar-refractivity contribution in [1.29, 1.82) is 0 Å². The molecule has 0 saturated carbocycles. The van der Waals surface area contributed by atoms with E-state index >= 15 is 0 Å². The Morgan fingerprint density at radius 3 is 2.69 bits per heavy atom. The fourth-order valence-corrected chi connectivity index (χ4v) is 2.64. The van der Waals surface area contributed by atoms with Crippen LogP contribution in [0.3, 0.4) is 0 Å². The van der Waals surface area contributed by atoms with Crippen LogP contribution in [0.25, 0.3) is 0 Å². The number of nitrogens with zero attached hydrogens (tertiary/aromatic N) is 2. The van der Waals surface area contributed by atoms with Gasteiger partial charge in [-0.15, -0.1) is 22.7 Å². The zero-order valence-electron chi connectivity index (χ0n) is 9.65. The first-order valence-corrected chi connectivity index (χ1v) is 6.90. The molecule has 16 heavy (non-hydrogen) atoms. The van der Waals surface area contributed by atoms with Gasteiger partial charge in [-0.3, -0.25) is 0 Å². The van der Waals surface area contributed by atoms with Gasteiger partial charge in [0.15, 0.2) is 5.13 Å². The van der Waals surface area contributed by atoms with E-state index in [1.54, 1.807) is 28.9 Å². The first-order chi connectivity index (χ1) is 7.55. The molecule has 3 nitrogen and oxygen atoms in total. The average molecular weight is 253 g/mol. The van der Waals surface area contributed by atoms with Crippen LogP contribution in [0.2, 0.25) is 0 Å². The molecule has 0 saturated heterocycles. The van der Waals surface area contributed by atoms with Gasteiger partial charge in [-0.1, -0.05) is 20.8 Å². The SMILES string of the molecule is CC(C)(C)c1nc(CNc2nccs2)cs1. The molecule has 0 aliphatic heterocycles. The van der Waals surface area contributed by atoms with Gasteiger partial charge in [0, 0.05) is 22.4 Å². The van der Waals surface area contributed by atoms with Crippen LogP contribution in [0.5, 0.6) is 0 Å². The van der Waals surface area contributed by atoms with E-state index < -0.39 is 0 Å². The second-order valence-corrected chi connectivity index (χ2v) is 6.34. The van der Waals surface area contributed by atoms with Crippen LogP contribution in [-0.4, -0.2) is 9.97 Å². The zero-order valence-corrected chi connectivity index (χ0v) is 11.3. The Balaban J connectivity index is 1.98. The molecule has 2 aromatic rings. The highest BCUT2D eigenvalue weighted by atomic mass is 32.1. The van der Waals surface area contributed by atoms with Crippen molar-refractivity contribution in [2.75, 3.05) is 5.32 Å². The first-order valence-electron chi connectivity index (χ1n) is 5.14. The first kappa shape index (κ1) is 11.5. The highest BCUT2D eigenvalue weighted by Gasteiger charge is 2.17. The van der Waals surface area contributed by atoms with E-state index in [1.165, 1.54) is 5.01 Å². The lowest BCUT2D eigenvalue weighted by Crippen LogP contribution is -2.11. The Hall–Kier alpha value is -0.940. The summed E-state index contributed by atoms with van der Waals surface area (Å²) in [6.45, 7) is 7.30. The van der Waals surface area contributed by atoms with Gasteiger partial charge in [0.2, 0.25) is 0 Å². The predicted octanol–water partition coefficient (Wildman–Crippen LogP) is 3.51. The third-order valence-electron chi connectivity index (χ3n) is 2.05. The number of hydrogen-bond donors (Lipinski definition) is 1. The summed E-state index contributed by atoms with van der Waals surface area (Å²) in [6.07, 6.45) is 1.80. The molecular formula is C11H15N3S2. The lowest BCUT2D eigenvalue weighted by atomic mass is 9.98. The van der Waals surface area contributed by atoms with Gasteiger partial charge in [-0.05, 0) is 0 Å². The van der Waals surface area contributed by atoms with Crippen molar-refractivity contribution in [2.45, 2.75) is 32.7 Å². The van der Waals surface area contributed by atoms with Crippen molar-refractivity contribution in [3.63, 3.8) is 0 Å². The molecule has 0 aromatic carbocycles. The van der Waals surface area contributed by atoms with Crippen molar-refractivity contribution in [3.8, 4) is 0 Å². The molecule has 0 atom stereocenters. The molecule has 2 rings (SSSR count). The lowest BCUT2D eigenvalue weighted by Gasteiger charge is -2.13. The predicted molar refractivity (Wildman–Crippen MR) is 70.3 cm³/mol. The van der Waals surface area contributed by atoms with E-state index in [1.807, 2.05) is 5.38 Å². The second kappa shape index (κ2) is 4.51. The molecule has 0 aliphatic carbocycles. The maximum Gasteiger partial charge on any atom is 0.182 e. The Morgan fingerprint density at radius 1 is 1.31 bits per heavy atom. The minimum atomic E-state index is 0.143. The van der Waals surface area contributed by atoms with Gasteiger partial charge < -0.3 is 5.32 Å². The van der Waals surface area contributed by atoms with Crippen molar-refractivity contribution < 1.29 is 0 Å². The molecule has 0 unspecified atom stereocenters. The van der Waals surface area contributed by atoms with E-state index in [-0.39, 0.29) is 5.41 Å². The maximum atomic E-state index is 4.61. The fourth-order valence-electron chi connectivity index (χ4n) is 1.21. The van der Waals surface area contributed by atoms with Crippen LogP contribution in [0.15, 0.2) is 17.0 Å². The summed E-state index contributed by atoms with van der Waals surface area (Å²) in [7, 11) is 0. The number of anilines is 1. The molecule has 2 aromatic heterocycles. The number of aromatic nitrogens is 2. The van der Waals surface area contributed by atoms with E-state index in [2.05, 4.69) is 41.4 Å². The largest absolute Gasteiger partial charge is 0.356 e. The molecule has 0 aliphatic rings. The third-order valence-corrected chi connectivity index (χ3v) is 4.09. The number of thiazole rings is 2. The van der Waals surface area contributed by atoms with Gasteiger partial charge in [-0.25, -0.2) is 9.97 Å².